The largest absolute Gasteiger partial charge is 0.378 e. The van der Waals surface area contributed by atoms with Crippen molar-refractivity contribution < 1.29 is 9.59 Å². The summed E-state index contributed by atoms with van der Waals surface area (Å²) < 4.78 is 0. The standard InChI is InChI=1S/C22H17Cl2N3O2S/c1-26(2)15-8-6-14(7-9-15)25-20-19(18-4-3-11-30-18)21(28)27(22(20)29)17-12-13(23)5-10-16(17)24/h3-12,25H,1-2H3. The number of nitrogens with one attached hydrogen (secondary N) is 1. The van der Waals surface area contributed by atoms with Crippen molar-refractivity contribution in [2.75, 3.05) is 29.2 Å². The molecule has 1 aliphatic rings. The highest BCUT2D eigenvalue weighted by Crippen LogP contribution is 2.39. The molecule has 152 valence electrons. The van der Waals surface area contributed by atoms with Gasteiger partial charge in [0.05, 0.1) is 16.3 Å². The average Bonchev–Trinajstić information content (AvgIpc) is 3.32. The topological polar surface area (TPSA) is 52.7 Å². The molecule has 30 heavy (non-hydrogen) atoms. The molecule has 0 atom stereocenters. The molecule has 0 radical (unpaired) electrons. The molecule has 2 heterocycles. The Balaban J connectivity index is 1.77. The van der Waals surface area contributed by atoms with E-state index < -0.39 is 11.8 Å². The summed E-state index contributed by atoms with van der Waals surface area (Å²) in [6.45, 7) is 0. The second kappa shape index (κ2) is 8.14. The van der Waals surface area contributed by atoms with Crippen molar-refractivity contribution in [2.24, 2.45) is 0 Å². The van der Waals surface area contributed by atoms with Crippen molar-refractivity contribution >= 4 is 69.0 Å². The number of carbonyl (C=O) groups is 2. The van der Waals surface area contributed by atoms with Crippen LogP contribution in [-0.4, -0.2) is 25.9 Å². The molecule has 0 saturated carbocycles. The maximum absolute atomic E-state index is 13.3. The average molecular weight is 458 g/mol. The molecule has 1 aromatic heterocycles. The highest BCUT2D eigenvalue weighted by Gasteiger charge is 2.41. The summed E-state index contributed by atoms with van der Waals surface area (Å²) in [6, 6.07) is 15.9. The number of anilines is 3. The first-order valence-corrected chi connectivity index (χ1v) is 10.7. The van der Waals surface area contributed by atoms with Crippen molar-refractivity contribution in [1.29, 1.82) is 0 Å². The van der Waals surface area contributed by atoms with Crippen molar-refractivity contribution in [2.45, 2.75) is 0 Å². The minimum absolute atomic E-state index is 0.205. The summed E-state index contributed by atoms with van der Waals surface area (Å²) in [6.07, 6.45) is 0. The maximum Gasteiger partial charge on any atom is 0.282 e. The van der Waals surface area contributed by atoms with Gasteiger partial charge in [-0.25, -0.2) is 4.90 Å². The third kappa shape index (κ3) is 3.69. The Bertz CT molecular complexity index is 1160. The quantitative estimate of drug-likeness (QED) is 0.512. The van der Waals surface area contributed by atoms with E-state index in [1.807, 2.05) is 60.8 Å². The van der Waals surface area contributed by atoms with Gasteiger partial charge in [0.15, 0.2) is 0 Å². The molecule has 0 unspecified atom stereocenters. The van der Waals surface area contributed by atoms with Gasteiger partial charge >= 0.3 is 0 Å². The first-order chi connectivity index (χ1) is 14.4. The molecule has 0 spiro atoms. The molecule has 4 rings (SSSR count). The summed E-state index contributed by atoms with van der Waals surface area (Å²) in [7, 11) is 3.90. The molecular weight excluding hydrogens is 441 g/mol. The van der Waals surface area contributed by atoms with Crippen LogP contribution in [0.15, 0.2) is 65.7 Å². The molecule has 3 aromatic rings. The lowest BCUT2D eigenvalue weighted by molar-refractivity contribution is -0.120. The lowest BCUT2D eigenvalue weighted by atomic mass is 10.1. The second-order valence-electron chi connectivity index (χ2n) is 6.84. The number of halogens is 2. The maximum atomic E-state index is 13.3. The molecule has 0 saturated heterocycles. The predicted octanol–water partition coefficient (Wildman–Crippen LogP) is 5.52. The Kier molecular flexibility index (Phi) is 5.56. The van der Waals surface area contributed by atoms with E-state index in [-0.39, 0.29) is 16.4 Å². The summed E-state index contributed by atoms with van der Waals surface area (Å²) in [5.74, 6) is -0.928. The Morgan fingerprint density at radius 2 is 1.70 bits per heavy atom. The third-order valence-electron chi connectivity index (χ3n) is 4.65. The van der Waals surface area contributed by atoms with E-state index in [0.717, 1.165) is 10.6 Å². The van der Waals surface area contributed by atoms with E-state index in [2.05, 4.69) is 5.32 Å². The van der Waals surface area contributed by atoms with Gasteiger partial charge in [0.1, 0.15) is 5.70 Å². The van der Waals surface area contributed by atoms with Gasteiger partial charge in [0, 0.05) is 35.4 Å². The molecule has 1 N–H and O–H groups in total. The van der Waals surface area contributed by atoms with Crippen LogP contribution in [0.2, 0.25) is 10.0 Å². The fourth-order valence-electron chi connectivity index (χ4n) is 3.16. The SMILES string of the molecule is CN(C)c1ccc(NC2=C(c3cccs3)C(=O)N(c3cc(Cl)ccc3Cl)C2=O)cc1. The summed E-state index contributed by atoms with van der Waals surface area (Å²) >= 11 is 13.8. The predicted molar refractivity (Wildman–Crippen MR) is 125 cm³/mol. The Hall–Kier alpha value is -2.80. The van der Waals surface area contributed by atoms with Crippen molar-refractivity contribution in [3.05, 3.63) is 80.6 Å². The Morgan fingerprint density at radius 1 is 0.967 bits per heavy atom. The third-order valence-corrected chi connectivity index (χ3v) is 6.10. The number of hydrogen-bond donors (Lipinski definition) is 1. The molecule has 1 aliphatic heterocycles. The fraction of sp³-hybridized carbons (Fsp3) is 0.0909. The number of imide groups is 1. The lowest BCUT2D eigenvalue weighted by Gasteiger charge is -2.17. The van der Waals surface area contributed by atoms with Crippen molar-refractivity contribution in [1.82, 2.24) is 0 Å². The van der Waals surface area contributed by atoms with Crippen LogP contribution in [0.3, 0.4) is 0 Å². The van der Waals surface area contributed by atoms with Crippen LogP contribution < -0.4 is 15.1 Å². The van der Waals surface area contributed by atoms with Crippen LogP contribution in [0.25, 0.3) is 5.57 Å². The molecule has 0 aliphatic carbocycles. The minimum atomic E-state index is -0.482. The van der Waals surface area contributed by atoms with E-state index >= 15 is 0 Å². The molecular formula is C22H17Cl2N3O2S. The number of hydrogen-bond acceptors (Lipinski definition) is 5. The zero-order chi connectivity index (χ0) is 21.4. The summed E-state index contributed by atoms with van der Waals surface area (Å²) in [5, 5.41) is 5.65. The van der Waals surface area contributed by atoms with Gasteiger partial charge < -0.3 is 10.2 Å². The normalized spacial score (nSPS) is 13.9. The fourth-order valence-corrected chi connectivity index (χ4v) is 4.29. The zero-order valence-electron chi connectivity index (χ0n) is 16.1. The Labute approximate surface area is 188 Å². The van der Waals surface area contributed by atoms with Gasteiger partial charge in [-0.1, -0.05) is 29.3 Å². The van der Waals surface area contributed by atoms with Crippen LogP contribution in [-0.2, 0) is 9.59 Å². The first-order valence-electron chi connectivity index (χ1n) is 9.03. The van der Waals surface area contributed by atoms with E-state index in [0.29, 0.717) is 21.2 Å². The van der Waals surface area contributed by atoms with E-state index in [1.165, 1.54) is 17.4 Å². The van der Waals surface area contributed by atoms with Gasteiger partial charge in [-0.2, -0.15) is 0 Å². The van der Waals surface area contributed by atoms with E-state index in [1.54, 1.807) is 12.1 Å². The van der Waals surface area contributed by atoms with Crippen LogP contribution in [0.1, 0.15) is 4.88 Å². The summed E-state index contributed by atoms with van der Waals surface area (Å²) in [5.41, 5.74) is 2.49. The highest BCUT2D eigenvalue weighted by atomic mass is 35.5. The van der Waals surface area contributed by atoms with Gasteiger partial charge in [-0.15, -0.1) is 11.3 Å². The molecule has 8 heteroatoms. The first kappa shape index (κ1) is 20.5. The molecule has 2 amide bonds. The van der Waals surface area contributed by atoms with Gasteiger partial charge in [0.25, 0.3) is 11.8 Å². The van der Waals surface area contributed by atoms with Crippen LogP contribution in [0.4, 0.5) is 17.1 Å². The van der Waals surface area contributed by atoms with Gasteiger partial charge in [-0.05, 0) is 53.9 Å². The van der Waals surface area contributed by atoms with E-state index in [4.69, 9.17) is 23.2 Å². The van der Waals surface area contributed by atoms with Crippen LogP contribution >= 0.6 is 34.5 Å². The number of amides is 2. The van der Waals surface area contributed by atoms with Gasteiger partial charge in [-0.3, -0.25) is 9.59 Å². The molecule has 0 bridgehead atoms. The smallest absolute Gasteiger partial charge is 0.282 e. The molecule has 2 aromatic carbocycles. The Morgan fingerprint density at radius 3 is 2.33 bits per heavy atom. The van der Waals surface area contributed by atoms with Crippen LogP contribution in [0.5, 0.6) is 0 Å². The minimum Gasteiger partial charge on any atom is -0.378 e. The zero-order valence-corrected chi connectivity index (χ0v) is 18.5. The van der Waals surface area contributed by atoms with Crippen LogP contribution in [0, 0.1) is 0 Å². The molecule has 0 fully saturated rings. The monoisotopic (exact) mass is 457 g/mol. The lowest BCUT2D eigenvalue weighted by Crippen LogP contribution is -2.32. The number of nitrogens with zero attached hydrogens (tertiary/aromatic N) is 2. The number of rotatable bonds is 5. The van der Waals surface area contributed by atoms with Gasteiger partial charge in [0.2, 0.25) is 0 Å². The summed E-state index contributed by atoms with van der Waals surface area (Å²) in [4.78, 5) is 30.4. The number of benzene rings is 2. The van der Waals surface area contributed by atoms with E-state index in [9.17, 15) is 9.59 Å². The van der Waals surface area contributed by atoms with Crippen molar-refractivity contribution in [3.63, 3.8) is 0 Å². The van der Waals surface area contributed by atoms with Crippen molar-refractivity contribution in [3.8, 4) is 0 Å². The number of carbonyl (C=O) groups excluding carboxylic acids is 2. The molecule has 5 nitrogen and oxygen atoms in total. The number of thiophene rings is 1. The highest BCUT2D eigenvalue weighted by molar-refractivity contribution is 7.11. The second-order valence-corrected chi connectivity index (χ2v) is 8.63.